The van der Waals surface area contributed by atoms with Gasteiger partial charge in [0.2, 0.25) is 15.9 Å². The van der Waals surface area contributed by atoms with Gasteiger partial charge in [-0.25, -0.2) is 12.7 Å². The lowest BCUT2D eigenvalue weighted by Gasteiger charge is -2.34. The number of ether oxygens (including phenoxy) is 1. The van der Waals surface area contributed by atoms with Gasteiger partial charge in [0, 0.05) is 31.6 Å². The van der Waals surface area contributed by atoms with Crippen LogP contribution in [-0.2, 0) is 27.1 Å². The SMILES string of the molecule is COc1ccc(CN(C(=O)C2CCN(S(=O)(=O)Cc3ccccc3)CC2)C2CC2)cc1. The van der Waals surface area contributed by atoms with Crippen molar-refractivity contribution in [2.24, 2.45) is 5.92 Å². The molecule has 0 radical (unpaired) electrons. The van der Waals surface area contributed by atoms with Gasteiger partial charge in [0.25, 0.3) is 0 Å². The van der Waals surface area contributed by atoms with Crippen molar-refractivity contribution in [1.82, 2.24) is 9.21 Å². The molecule has 166 valence electrons. The molecular formula is C24H30N2O4S. The van der Waals surface area contributed by atoms with Crippen LogP contribution < -0.4 is 4.74 Å². The van der Waals surface area contributed by atoms with Crippen LogP contribution in [0.15, 0.2) is 54.6 Å². The van der Waals surface area contributed by atoms with E-state index in [9.17, 15) is 13.2 Å². The lowest BCUT2D eigenvalue weighted by Crippen LogP contribution is -2.45. The van der Waals surface area contributed by atoms with Crippen molar-refractivity contribution < 1.29 is 17.9 Å². The molecule has 0 spiro atoms. The fraction of sp³-hybridized carbons (Fsp3) is 0.458. The van der Waals surface area contributed by atoms with Crippen LogP contribution in [0.5, 0.6) is 5.75 Å². The Hall–Kier alpha value is -2.38. The minimum Gasteiger partial charge on any atom is -0.497 e. The molecule has 7 heteroatoms. The van der Waals surface area contributed by atoms with Crippen molar-refractivity contribution in [3.63, 3.8) is 0 Å². The lowest BCUT2D eigenvalue weighted by molar-refractivity contribution is -0.138. The van der Waals surface area contributed by atoms with E-state index in [1.165, 1.54) is 0 Å². The number of benzene rings is 2. The average Bonchev–Trinajstić information content (AvgIpc) is 3.63. The summed E-state index contributed by atoms with van der Waals surface area (Å²) in [5, 5.41) is 0. The highest BCUT2D eigenvalue weighted by molar-refractivity contribution is 7.88. The molecule has 1 heterocycles. The summed E-state index contributed by atoms with van der Waals surface area (Å²) in [5.74, 6) is 0.871. The third kappa shape index (κ3) is 5.46. The molecule has 0 bridgehead atoms. The molecule has 0 atom stereocenters. The average molecular weight is 443 g/mol. The first kappa shape index (κ1) is 21.8. The van der Waals surface area contributed by atoms with Crippen molar-refractivity contribution in [2.75, 3.05) is 20.2 Å². The second-order valence-corrected chi connectivity index (χ2v) is 10.4. The number of sulfonamides is 1. The number of nitrogens with zero attached hydrogens (tertiary/aromatic N) is 2. The highest BCUT2D eigenvalue weighted by atomic mass is 32.2. The first-order valence-electron chi connectivity index (χ1n) is 10.9. The molecule has 6 nitrogen and oxygen atoms in total. The molecular weight excluding hydrogens is 412 g/mol. The standard InChI is InChI=1S/C24H30N2O4S/c1-30-23-11-7-19(8-12-23)17-26(22-9-10-22)24(27)21-13-15-25(16-14-21)31(28,29)18-20-5-3-2-4-6-20/h2-8,11-12,21-22H,9-10,13-18H2,1H3. The fourth-order valence-corrected chi connectivity index (χ4v) is 5.76. The van der Waals surface area contributed by atoms with Gasteiger partial charge in [0.05, 0.1) is 12.9 Å². The van der Waals surface area contributed by atoms with E-state index in [2.05, 4.69) is 0 Å². The molecule has 2 aromatic rings. The smallest absolute Gasteiger partial charge is 0.226 e. The molecule has 4 rings (SSSR count). The van der Waals surface area contributed by atoms with Crippen molar-refractivity contribution in [3.05, 3.63) is 65.7 Å². The van der Waals surface area contributed by atoms with Crippen molar-refractivity contribution in [3.8, 4) is 5.75 Å². The van der Waals surface area contributed by atoms with Gasteiger partial charge < -0.3 is 9.64 Å². The minimum absolute atomic E-state index is 0.0120. The molecule has 0 N–H and O–H groups in total. The predicted molar refractivity (Wildman–Crippen MR) is 120 cm³/mol. The largest absolute Gasteiger partial charge is 0.497 e. The molecule has 1 saturated carbocycles. The van der Waals surface area contributed by atoms with Gasteiger partial charge in [0.1, 0.15) is 5.75 Å². The van der Waals surface area contributed by atoms with Crippen LogP contribution in [0, 0.1) is 5.92 Å². The predicted octanol–water partition coefficient (Wildman–Crippen LogP) is 3.43. The number of carbonyl (C=O) groups excluding carboxylic acids is 1. The molecule has 0 unspecified atom stereocenters. The van der Waals surface area contributed by atoms with Crippen molar-refractivity contribution in [1.29, 1.82) is 0 Å². The van der Waals surface area contributed by atoms with Crippen LogP contribution in [-0.4, -0.2) is 49.8 Å². The van der Waals surface area contributed by atoms with E-state index in [-0.39, 0.29) is 17.6 Å². The van der Waals surface area contributed by atoms with E-state index in [1.54, 1.807) is 11.4 Å². The van der Waals surface area contributed by atoms with E-state index in [0.29, 0.717) is 38.5 Å². The summed E-state index contributed by atoms with van der Waals surface area (Å²) in [6.45, 7) is 1.42. The first-order chi connectivity index (χ1) is 15.0. The highest BCUT2D eigenvalue weighted by Gasteiger charge is 2.38. The Kier molecular flexibility index (Phi) is 6.62. The Balaban J connectivity index is 1.36. The van der Waals surface area contributed by atoms with Crippen LogP contribution in [0.25, 0.3) is 0 Å². The van der Waals surface area contributed by atoms with Crippen LogP contribution in [0.1, 0.15) is 36.8 Å². The second-order valence-electron chi connectivity index (χ2n) is 8.46. The van der Waals surface area contributed by atoms with Gasteiger partial charge in [-0.2, -0.15) is 0 Å². The summed E-state index contributed by atoms with van der Waals surface area (Å²) in [4.78, 5) is 15.3. The van der Waals surface area contributed by atoms with E-state index in [0.717, 1.165) is 29.7 Å². The summed E-state index contributed by atoms with van der Waals surface area (Å²) >= 11 is 0. The highest BCUT2D eigenvalue weighted by Crippen LogP contribution is 2.32. The quantitative estimate of drug-likeness (QED) is 0.628. The monoisotopic (exact) mass is 442 g/mol. The number of hydrogen-bond donors (Lipinski definition) is 0. The van der Waals surface area contributed by atoms with Crippen LogP contribution >= 0.6 is 0 Å². The number of amides is 1. The zero-order valence-corrected chi connectivity index (χ0v) is 18.8. The normalized spacial score (nSPS) is 18.0. The molecule has 2 aliphatic rings. The van der Waals surface area contributed by atoms with E-state index >= 15 is 0 Å². The van der Waals surface area contributed by atoms with E-state index in [1.807, 2.05) is 59.5 Å². The molecule has 2 aromatic carbocycles. The summed E-state index contributed by atoms with van der Waals surface area (Å²) in [5.41, 5.74) is 1.88. The first-order valence-corrected chi connectivity index (χ1v) is 12.5. The lowest BCUT2D eigenvalue weighted by atomic mass is 9.96. The van der Waals surface area contributed by atoms with Gasteiger partial charge in [-0.15, -0.1) is 0 Å². The zero-order chi connectivity index (χ0) is 21.8. The molecule has 2 fully saturated rings. The zero-order valence-electron chi connectivity index (χ0n) is 17.9. The van der Waals surface area contributed by atoms with Gasteiger partial charge in [-0.1, -0.05) is 42.5 Å². The van der Waals surface area contributed by atoms with E-state index in [4.69, 9.17) is 4.74 Å². The molecule has 0 aromatic heterocycles. The van der Waals surface area contributed by atoms with Crippen LogP contribution in [0.3, 0.4) is 0 Å². The van der Waals surface area contributed by atoms with E-state index < -0.39 is 10.0 Å². The summed E-state index contributed by atoms with van der Waals surface area (Å²) in [6.07, 6.45) is 3.26. The number of carbonyl (C=O) groups is 1. The second kappa shape index (κ2) is 9.40. The van der Waals surface area contributed by atoms with Crippen LogP contribution in [0.4, 0.5) is 0 Å². The molecule has 1 aliphatic carbocycles. The molecule has 1 amide bonds. The fourth-order valence-electron chi connectivity index (χ4n) is 4.19. The topological polar surface area (TPSA) is 66.9 Å². The maximum absolute atomic E-state index is 13.3. The van der Waals surface area contributed by atoms with Gasteiger partial charge in [-0.05, 0) is 48.9 Å². The maximum atomic E-state index is 13.3. The Labute approximate surface area is 184 Å². The Morgan fingerprint density at radius 1 is 0.968 bits per heavy atom. The molecule has 31 heavy (non-hydrogen) atoms. The third-order valence-corrected chi connectivity index (χ3v) is 8.02. The Morgan fingerprint density at radius 3 is 2.19 bits per heavy atom. The number of rotatable bonds is 8. The summed E-state index contributed by atoms with van der Waals surface area (Å²) < 4.78 is 32.4. The third-order valence-electron chi connectivity index (χ3n) is 6.17. The summed E-state index contributed by atoms with van der Waals surface area (Å²) in [6, 6.07) is 17.4. The van der Waals surface area contributed by atoms with Gasteiger partial charge >= 0.3 is 0 Å². The number of hydrogen-bond acceptors (Lipinski definition) is 4. The van der Waals surface area contributed by atoms with Crippen molar-refractivity contribution in [2.45, 2.75) is 44.0 Å². The Morgan fingerprint density at radius 2 is 1.61 bits per heavy atom. The Bertz CT molecular complexity index is 980. The summed E-state index contributed by atoms with van der Waals surface area (Å²) in [7, 11) is -1.73. The number of piperidine rings is 1. The van der Waals surface area contributed by atoms with Crippen LogP contribution in [0.2, 0.25) is 0 Å². The van der Waals surface area contributed by atoms with Gasteiger partial charge in [0.15, 0.2) is 0 Å². The molecule has 1 aliphatic heterocycles. The number of methoxy groups -OCH3 is 1. The molecule has 1 saturated heterocycles. The minimum atomic E-state index is -3.37. The van der Waals surface area contributed by atoms with Gasteiger partial charge in [-0.3, -0.25) is 4.79 Å². The maximum Gasteiger partial charge on any atom is 0.226 e. The van der Waals surface area contributed by atoms with Crippen molar-refractivity contribution >= 4 is 15.9 Å².